The molecule has 1 N–H and O–H groups in total. The average Bonchev–Trinajstić information content (AvgIpc) is 2.33. The Balaban J connectivity index is 2.24. The first-order valence-corrected chi connectivity index (χ1v) is 6.08. The second kappa shape index (κ2) is 6.14. The number of nitrogens with one attached hydrogen (secondary N) is 1. The van der Waals surface area contributed by atoms with Gasteiger partial charge in [-0.25, -0.2) is 14.4 Å². The van der Waals surface area contributed by atoms with Crippen molar-refractivity contribution < 1.29 is 9.13 Å². The standard InChI is InChI=1S/C12H10Cl2FN3O/c1-19-6-8-5-11(14)18-12(17-8)16-7-2-3-10(15)9(13)4-7/h2-5H,6H2,1H3,(H,16,17,18). The minimum atomic E-state index is -0.487. The van der Waals surface area contributed by atoms with Gasteiger partial charge in [0, 0.05) is 12.8 Å². The van der Waals surface area contributed by atoms with E-state index in [0.29, 0.717) is 23.9 Å². The summed E-state index contributed by atoms with van der Waals surface area (Å²) in [5, 5.41) is 3.21. The molecule has 100 valence electrons. The summed E-state index contributed by atoms with van der Waals surface area (Å²) in [7, 11) is 1.56. The number of benzene rings is 1. The second-order valence-electron chi connectivity index (χ2n) is 3.69. The molecule has 0 amide bonds. The van der Waals surface area contributed by atoms with Gasteiger partial charge in [0.05, 0.1) is 17.3 Å². The Kier molecular flexibility index (Phi) is 4.52. The topological polar surface area (TPSA) is 47.0 Å². The molecule has 0 aliphatic heterocycles. The van der Waals surface area contributed by atoms with Gasteiger partial charge in [-0.3, -0.25) is 0 Å². The van der Waals surface area contributed by atoms with Crippen LogP contribution >= 0.6 is 23.2 Å². The van der Waals surface area contributed by atoms with Crippen LogP contribution in [0.1, 0.15) is 5.69 Å². The third kappa shape index (κ3) is 3.76. The Labute approximate surface area is 119 Å². The SMILES string of the molecule is COCc1cc(Cl)nc(Nc2ccc(F)c(Cl)c2)n1. The summed E-state index contributed by atoms with van der Waals surface area (Å²) in [6, 6.07) is 5.83. The normalized spacial score (nSPS) is 10.5. The van der Waals surface area contributed by atoms with Crippen LogP contribution in [-0.4, -0.2) is 17.1 Å². The third-order valence-corrected chi connectivity index (χ3v) is 2.70. The Morgan fingerprint density at radius 3 is 2.74 bits per heavy atom. The minimum Gasteiger partial charge on any atom is -0.378 e. The molecular formula is C12H10Cl2FN3O. The number of methoxy groups -OCH3 is 1. The summed E-state index contributed by atoms with van der Waals surface area (Å²) in [6.45, 7) is 0.321. The Hall–Kier alpha value is -1.43. The number of anilines is 2. The molecule has 0 aliphatic rings. The van der Waals surface area contributed by atoms with Crippen LogP contribution in [-0.2, 0) is 11.3 Å². The predicted octanol–water partition coefficient (Wildman–Crippen LogP) is 3.81. The number of aromatic nitrogens is 2. The molecule has 0 saturated carbocycles. The highest BCUT2D eigenvalue weighted by Crippen LogP contribution is 2.22. The average molecular weight is 302 g/mol. The van der Waals surface area contributed by atoms with Crippen LogP contribution in [0.5, 0.6) is 0 Å². The molecule has 2 aromatic rings. The van der Waals surface area contributed by atoms with Crippen molar-refractivity contribution >= 4 is 34.8 Å². The van der Waals surface area contributed by atoms with Crippen LogP contribution < -0.4 is 5.32 Å². The molecule has 7 heteroatoms. The minimum absolute atomic E-state index is 0.0177. The molecule has 0 atom stereocenters. The summed E-state index contributed by atoms with van der Waals surface area (Å²) in [4.78, 5) is 8.22. The largest absolute Gasteiger partial charge is 0.378 e. The molecule has 1 aromatic carbocycles. The van der Waals surface area contributed by atoms with Crippen LogP contribution in [0.3, 0.4) is 0 Å². The van der Waals surface area contributed by atoms with Crippen LogP contribution in [0.25, 0.3) is 0 Å². The Bertz CT molecular complexity index is 595. The predicted molar refractivity (Wildman–Crippen MR) is 72.4 cm³/mol. The summed E-state index contributed by atoms with van der Waals surface area (Å²) < 4.78 is 18.0. The summed E-state index contributed by atoms with van der Waals surface area (Å²) in [6.07, 6.45) is 0. The number of hydrogen-bond acceptors (Lipinski definition) is 4. The lowest BCUT2D eigenvalue weighted by atomic mass is 10.3. The number of hydrogen-bond donors (Lipinski definition) is 1. The molecule has 2 rings (SSSR count). The van der Waals surface area contributed by atoms with Crippen molar-refractivity contribution in [2.24, 2.45) is 0 Å². The van der Waals surface area contributed by atoms with Crippen molar-refractivity contribution in [3.63, 3.8) is 0 Å². The molecule has 0 fully saturated rings. The van der Waals surface area contributed by atoms with Gasteiger partial charge in [-0.2, -0.15) is 0 Å². The van der Waals surface area contributed by atoms with E-state index < -0.39 is 5.82 Å². The number of halogens is 3. The fourth-order valence-corrected chi connectivity index (χ4v) is 1.83. The van der Waals surface area contributed by atoms with E-state index in [1.165, 1.54) is 18.2 Å². The van der Waals surface area contributed by atoms with E-state index >= 15 is 0 Å². The lowest BCUT2D eigenvalue weighted by Crippen LogP contribution is -2.01. The molecule has 0 saturated heterocycles. The fraction of sp³-hybridized carbons (Fsp3) is 0.167. The Morgan fingerprint density at radius 2 is 2.05 bits per heavy atom. The molecule has 0 spiro atoms. The van der Waals surface area contributed by atoms with Gasteiger partial charge < -0.3 is 10.1 Å². The fourth-order valence-electron chi connectivity index (χ4n) is 1.44. The van der Waals surface area contributed by atoms with Gasteiger partial charge in [0.15, 0.2) is 0 Å². The molecule has 1 aromatic heterocycles. The zero-order chi connectivity index (χ0) is 13.8. The van der Waals surface area contributed by atoms with Crippen LogP contribution in [0.4, 0.5) is 16.0 Å². The number of ether oxygens (including phenoxy) is 1. The summed E-state index contributed by atoms with van der Waals surface area (Å²) >= 11 is 11.6. The van der Waals surface area contributed by atoms with Gasteiger partial charge in [0.1, 0.15) is 11.0 Å². The quantitative estimate of drug-likeness (QED) is 0.872. The first-order valence-electron chi connectivity index (χ1n) is 5.33. The van der Waals surface area contributed by atoms with Gasteiger partial charge in [-0.15, -0.1) is 0 Å². The highest BCUT2D eigenvalue weighted by Gasteiger charge is 2.06. The zero-order valence-corrected chi connectivity index (χ0v) is 11.5. The van der Waals surface area contributed by atoms with Crippen molar-refractivity contribution in [1.82, 2.24) is 9.97 Å². The van der Waals surface area contributed by atoms with Gasteiger partial charge in [-0.1, -0.05) is 23.2 Å². The van der Waals surface area contributed by atoms with Crippen LogP contribution in [0, 0.1) is 5.82 Å². The van der Waals surface area contributed by atoms with E-state index in [9.17, 15) is 4.39 Å². The first kappa shape index (κ1) is 14.0. The van der Waals surface area contributed by atoms with E-state index in [1.807, 2.05) is 0 Å². The van der Waals surface area contributed by atoms with Crippen molar-refractivity contribution in [3.8, 4) is 0 Å². The van der Waals surface area contributed by atoms with Gasteiger partial charge in [-0.05, 0) is 24.3 Å². The smallest absolute Gasteiger partial charge is 0.228 e. The highest BCUT2D eigenvalue weighted by molar-refractivity contribution is 6.31. The zero-order valence-electron chi connectivity index (χ0n) is 9.95. The molecular weight excluding hydrogens is 292 g/mol. The third-order valence-electron chi connectivity index (χ3n) is 2.22. The molecule has 0 radical (unpaired) electrons. The van der Waals surface area contributed by atoms with E-state index in [1.54, 1.807) is 13.2 Å². The maximum absolute atomic E-state index is 13.0. The summed E-state index contributed by atoms with van der Waals surface area (Å²) in [5.74, 6) is -0.193. The van der Waals surface area contributed by atoms with E-state index in [4.69, 9.17) is 27.9 Å². The molecule has 4 nitrogen and oxygen atoms in total. The summed E-state index contributed by atoms with van der Waals surface area (Å²) in [5.41, 5.74) is 1.20. The van der Waals surface area contributed by atoms with Gasteiger partial charge in [0.2, 0.25) is 5.95 Å². The Morgan fingerprint density at radius 1 is 1.26 bits per heavy atom. The van der Waals surface area contributed by atoms with E-state index in [2.05, 4.69) is 15.3 Å². The van der Waals surface area contributed by atoms with Crippen molar-refractivity contribution in [3.05, 3.63) is 46.0 Å². The first-order chi connectivity index (χ1) is 9.08. The molecule has 0 unspecified atom stereocenters. The monoisotopic (exact) mass is 301 g/mol. The lowest BCUT2D eigenvalue weighted by Gasteiger charge is -2.07. The number of nitrogens with zero attached hydrogens (tertiary/aromatic N) is 2. The van der Waals surface area contributed by atoms with Gasteiger partial charge in [0.25, 0.3) is 0 Å². The maximum Gasteiger partial charge on any atom is 0.228 e. The number of rotatable bonds is 4. The maximum atomic E-state index is 13.0. The van der Waals surface area contributed by atoms with Crippen molar-refractivity contribution in [2.75, 3.05) is 12.4 Å². The van der Waals surface area contributed by atoms with Crippen molar-refractivity contribution in [1.29, 1.82) is 0 Å². The van der Waals surface area contributed by atoms with Crippen molar-refractivity contribution in [2.45, 2.75) is 6.61 Å². The molecule has 19 heavy (non-hydrogen) atoms. The second-order valence-corrected chi connectivity index (χ2v) is 4.49. The van der Waals surface area contributed by atoms with E-state index in [-0.39, 0.29) is 10.2 Å². The van der Waals surface area contributed by atoms with Crippen LogP contribution in [0.15, 0.2) is 24.3 Å². The van der Waals surface area contributed by atoms with Gasteiger partial charge >= 0.3 is 0 Å². The molecule has 0 bridgehead atoms. The van der Waals surface area contributed by atoms with E-state index in [0.717, 1.165) is 0 Å². The lowest BCUT2D eigenvalue weighted by molar-refractivity contribution is 0.181. The molecule has 0 aliphatic carbocycles. The highest BCUT2D eigenvalue weighted by atomic mass is 35.5. The molecule has 1 heterocycles. The van der Waals surface area contributed by atoms with Crippen LogP contribution in [0.2, 0.25) is 10.2 Å².